The third-order valence-electron chi connectivity index (χ3n) is 2.43. The molecule has 0 bridgehead atoms. The molecule has 1 aliphatic heterocycles. The zero-order valence-electron chi connectivity index (χ0n) is 8.66. The fraction of sp³-hybridized carbons (Fsp3) is 0.500. The van der Waals surface area contributed by atoms with Crippen LogP contribution in [0.4, 0.5) is 0 Å². The van der Waals surface area contributed by atoms with E-state index in [9.17, 15) is 4.79 Å². The third kappa shape index (κ3) is 3.50. The second kappa shape index (κ2) is 6.27. The van der Waals surface area contributed by atoms with E-state index in [1.807, 2.05) is 0 Å². The number of carbonyl (C=O) groups excluding carboxylic acids is 1. The van der Waals surface area contributed by atoms with E-state index in [-0.39, 0.29) is 24.4 Å². The van der Waals surface area contributed by atoms with Crippen molar-refractivity contribution in [3.63, 3.8) is 0 Å². The molecular weight excluding hydrogens is 295 g/mol. The fourth-order valence-corrected chi connectivity index (χ4v) is 1.97. The molecule has 2 rings (SSSR count). The number of rotatable bonds is 2. The third-order valence-corrected chi connectivity index (χ3v) is 2.86. The topological polar surface area (TPSA) is 54.3 Å². The molecular formula is C10H14BrClN2O2. The van der Waals surface area contributed by atoms with E-state index >= 15 is 0 Å². The first-order valence-corrected chi connectivity index (χ1v) is 5.82. The van der Waals surface area contributed by atoms with Crippen LogP contribution in [0.1, 0.15) is 23.4 Å². The van der Waals surface area contributed by atoms with E-state index in [0.29, 0.717) is 10.4 Å². The van der Waals surface area contributed by atoms with Crippen molar-refractivity contribution in [2.75, 3.05) is 13.1 Å². The molecule has 90 valence electrons. The number of piperidine rings is 1. The van der Waals surface area contributed by atoms with E-state index in [4.69, 9.17) is 4.42 Å². The number of nitrogens with one attached hydrogen (secondary N) is 2. The van der Waals surface area contributed by atoms with E-state index in [1.54, 1.807) is 12.1 Å². The number of hydrogen-bond acceptors (Lipinski definition) is 3. The number of carbonyl (C=O) groups is 1. The predicted molar refractivity (Wildman–Crippen MR) is 67.0 cm³/mol. The van der Waals surface area contributed by atoms with Crippen LogP contribution in [0.3, 0.4) is 0 Å². The molecule has 1 amide bonds. The standard InChI is InChI=1S/C10H13BrN2O2.ClH/c11-9-4-3-8(15-9)10(14)13-7-2-1-5-12-6-7;/h3-4,7,12H,1-2,5-6H2,(H,13,14);1H/t7-;/m0./s1. The summed E-state index contributed by atoms with van der Waals surface area (Å²) >= 11 is 3.17. The lowest BCUT2D eigenvalue weighted by molar-refractivity contribution is 0.0901. The quantitative estimate of drug-likeness (QED) is 0.878. The minimum absolute atomic E-state index is 0. The first-order valence-electron chi connectivity index (χ1n) is 5.02. The van der Waals surface area contributed by atoms with Crippen LogP contribution in [0.15, 0.2) is 21.2 Å². The molecule has 0 spiro atoms. The van der Waals surface area contributed by atoms with Crippen molar-refractivity contribution in [2.24, 2.45) is 0 Å². The van der Waals surface area contributed by atoms with Crippen LogP contribution in [0.25, 0.3) is 0 Å². The first kappa shape index (κ1) is 13.5. The number of halogens is 2. The summed E-state index contributed by atoms with van der Waals surface area (Å²) in [5, 5.41) is 6.17. The summed E-state index contributed by atoms with van der Waals surface area (Å²) in [6.07, 6.45) is 2.13. The molecule has 0 aliphatic carbocycles. The summed E-state index contributed by atoms with van der Waals surface area (Å²) in [7, 11) is 0. The van der Waals surface area contributed by atoms with Gasteiger partial charge < -0.3 is 15.1 Å². The summed E-state index contributed by atoms with van der Waals surface area (Å²) in [6, 6.07) is 3.60. The number of hydrogen-bond donors (Lipinski definition) is 2. The minimum atomic E-state index is -0.144. The van der Waals surface area contributed by atoms with Gasteiger partial charge in [-0.15, -0.1) is 12.4 Å². The molecule has 4 nitrogen and oxygen atoms in total. The summed E-state index contributed by atoms with van der Waals surface area (Å²) in [6.45, 7) is 1.88. The van der Waals surface area contributed by atoms with Gasteiger partial charge in [-0.3, -0.25) is 4.79 Å². The normalized spacial score (nSPS) is 19.9. The van der Waals surface area contributed by atoms with Crippen molar-refractivity contribution in [3.8, 4) is 0 Å². The van der Waals surface area contributed by atoms with Crippen molar-refractivity contribution in [1.82, 2.24) is 10.6 Å². The maximum absolute atomic E-state index is 11.7. The van der Waals surface area contributed by atoms with Gasteiger partial charge in [0, 0.05) is 12.6 Å². The van der Waals surface area contributed by atoms with Crippen LogP contribution in [0.5, 0.6) is 0 Å². The van der Waals surface area contributed by atoms with Crippen LogP contribution < -0.4 is 10.6 Å². The smallest absolute Gasteiger partial charge is 0.287 e. The maximum atomic E-state index is 11.7. The zero-order chi connectivity index (χ0) is 10.7. The van der Waals surface area contributed by atoms with Crippen molar-refractivity contribution in [3.05, 3.63) is 22.6 Å². The van der Waals surface area contributed by atoms with Gasteiger partial charge in [0.2, 0.25) is 0 Å². The lowest BCUT2D eigenvalue weighted by Crippen LogP contribution is -2.45. The molecule has 0 unspecified atom stereocenters. The average molecular weight is 310 g/mol. The molecule has 2 N–H and O–H groups in total. The zero-order valence-corrected chi connectivity index (χ0v) is 11.1. The molecule has 16 heavy (non-hydrogen) atoms. The van der Waals surface area contributed by atoms with Crippen molar-refractivity contribution in [1.29, 1.82) is 0 Å². The molecule has 1 aromatic heterocycles. The average Bonchev–Trinajstić information content (AvgIpc) is 2.66. The van der Waals surface area contributed by atoms with Gasteiger partial charge in [0.05, 0.1) is 0 Å². The van der Waals surface area contributed by atoms with Gasteiger partial charge in [-0.25, -0.2) is 0 Å². The second-order valence-corrected chi connectivity index (χ2v) is 4.40. The Morgan fingerprint density at radius 1 is 1.56 bits per heavy atom. The fourth-order valence-electron chi connectivity index (χ4n) is 1.67. The van der Waals surface area contributed by atoms with Gasteiger partial charge in [-0.2, -0.15) is 0 Å². The number of furan rings is 1. The Balaban J connectivity index is 0.00000128. The molecule has 2 heterocycles. The minimum Gasteiger partial charge on any atom is -0.444 e. The van der Waals surface area contributed by atoms with Gasteiger partial charge >= 0.3 is 0 Å². The van der Waals surface area contributed by atoms with Crippen molar-refractivity contribution >= 4 is 34.2 Å². The van der Waals surface area contributed by atoms with Crippen LogP contribution >= 0.6 is 28.3 Å². The van der Waals surface area contributed by atoms with Crippen molar-refractivity contribution in [2.45, 2.75) is 18.9 Å². The van der Waals surface area contributed by atoms with Crippen molar-refractivity contribution < 1.29 is 9.21 Å². The Bertz CT molecular complexity index is 350. The molecule has 0 saturated carbocycles. The molecule has 1 aliphatic rings. The van der Waals surface area contributed by atoms with Crippen LogP contribution in [-0.2, 0) is 0 Å². The van der Waals surface area contributed by atoms with Gasteiger partial charge in [0.15, 0.2) is 10.4 Å². The maximum Gasteiger partial charge on any atom is 0.287 e. The van der Waals surface area contributed by atoms with E-state index in [0.717, 1.165) is 25.9 Å². The monoisotopic (exact) mass is 308 g/mol. The molecule has 0 aromatic carbocycles. The highest BCUT2D eigenvalue weighted by molar-refractivity contribution is 9.10. The summed E-state index contributed by atoms with van der Waals surface area (Å²) in [5.74, 6) is 0.210. The van der Waals surface area contributed by atoms with E-state index in [1.165, 1.54) is 0 Å². The Morgan fingerprint density at radius 3 is 2.94 bits per heavy atom. The van der Waals surface area contributed by atoms with E-state index < -0.39 is 0 Å². The summed E-state index contributed by atoms with van der Waals surface area (Å²) in [5.41, 5.74) is 0. The lowest BCUT2D eigenvalue weighted by Gasteiger charge is -2.23. The second-order valence-electron chi connectivity index (χ2n) is 3.62. The molecule has 1 saturated heterocycles. The molecule has 1 atom stereocenters. The first-order chi connectivity index (χ1) is 7.25. The molecule has 1 aromatic rings. The molecule has 1 fully saturated rings. The number of amides is 1. The predicted octanol–water partition coefficient (Wildman–Crippen LogP) is 1.95. The summed E-state index contributed by atoms with van der Waals surface area (Å²) in [4.78, 5) is 11.7. The lowest BCUT2D eigenvalue weighted by atomic mass is 10.1. The Hall–Kier alpha value is -0.520. The highest BCUT2D eigenvalue weighted by atomic mass is 79.9. The highest BCUT2D eigenvalue weighted by Gasteiger charge is 2.17. The Kier molecular flexibility index (Phi) is 5.31. The van der Waals surface area contributed by atoms with E-state index in [2.05, 4.69) is 26.6 Å². The van der Waals surface area contributed by atoms with Crippen LogP contribution in [0.2, 0.25) is 0 Å². The Labute approximate surface area is 109 Å². The summed E-state index contributed by atoms with van der Waals surface area (Å²) < 4.78 is 5.75. The highest BCUT2D eigenvalue weighted by Crippen LogP contribution is 2.14. The Morgan fingerprint density at radius 2 is 2.38 bits per heavy atom. The van der Waals surface area contributed by atoms with Gasteiger partial charge in [0.1, 0.15) is 0 Å². The largest absolute Gasteiger partial charge is 0.444 e. The van der Waals surface area contributed by atoms with Crippen LogP contribution in [0, 0.1) is 0 Å². The van der Waals surface area contributed by atoms with Crippen LogP contribution in [-0.4, -0.2) is 25.0 Å². The molecule has 6 heteroatoms. The van der Waals surface area contributed by atoms with Gasteiger partial charge in [0.25, 0.3) is 5.91 Å². The van der Waals surface area contributed by atoms with Gasteiger partial charge in [-0.1, -0.05) is 0 Å². The molecule has 0 radical (unpaired) electrons. The SMILES string of the molecule is Cl.O=C(N[C@H]1CCCNC1)c1ccc(Br)o1. The van der Waals surface area contributed by atoms with Gasteiger partial charge in [-0.05, 0) is 47.4 Å².